The predicted octanol–water partition coefficient (Wildman–Crippen LogP) is 2.32. The Morgan fingerprint density at radius 3 is 2.59 bits per heavy atom. The van der Waals surface area contributed by atoms with Crippen molar-refractivity contribution in [1.29, 1.82) is 0 Å². The van der Waals surface area contributed by atoms with Gasteiger partial charge >= 0.3 is 0 Å². The van der Waals surface area contributed by atoms with E-state index in [0.29, 0.717) is 5.75 Å². The number of carbonyl (C=O) groups excluding carboxylic acids is 1. The van der Waals surface area contributed by atoms with E-state index in [1.54, 1.807) is 6.07 Å². The second kappa shape index (κ2) is 6.13. The molecule has 17 heavy (non-hydrogen) atoms. The summed E-state index contributed by atoms with van der Waals surface area (Å²) in [5.74, 6) is 0.252. The Labute approximate surface area is 102 Å². The molecular formula is C13H19NO3. The van der Waals surface area contributed by atoms with Crippen LogP contribution >= 0.6 is 0 Å². The average molecular weight is 237 g/mol. The average Bonchev–Trinajstić information content (AvgIpc) is 2.36. The van der Waals surface area contributed by atoms with Crippen LogP contribution in [0, 0.1) is 0 Å². The van der Waals surface area contributed by atoms with Crippen molar-refractivity contribution in [2.75, 3.05) is 7.11 Å². The number of phenolic OH excluding ortho intramolecular Hbond substituents is 1. The molecule has 2 N–H and O–H groups in total. The highest BCUT2D eigenvalue weighted by Crippen LogP contribution is 2.22. The fourth-order valence-corrected chi connectivity index (χ4v) is 1.58. The van der Waals surface area contributed by atoms with E-state index in [2.05, 4.69) is 5.32 Å². The van der Waals surface area contributed by atoms with Gasteiger partial charge in [0.2, 0.25) is 0 Å². The molecule has 1 aromatic carbocycles. The molecule has 0 spiro atoms. The number of hydrogen-bond acceptors (Lipinski definition) is 3. The maximum atomic E-state index is 11.9. The SMILES string of the molecule is CCC(CC)NC(=O)c1cc(OC)ccc1O. The van der Waals surface area contributed by atoms with Crippen molar-refractivity contribution >= 4 is 5.91 Å². The van der Waals surface area contributed by atoms with E-state index in [4.69, 9.17) is 4.74 Å². The molecule has 94 valence electrons. The second-order valence-electron chi connectivity index (χ2n) is 3.87. The summed E-state index contributed by atoms with van der Waals surface area (Å²) in [6, 6.07) is 4.74. The first-order chi connectivity index (χ1) is 8.12. The fraction of sp³-hybridized carbons (Fsp3) is 0.462. The standard InChI is InChI=1S/C13H19NO3/c1-4-9(5-2)14-13(16)11-8-10(17-3)6-7-12(11)15/h6-9,15H,4-5H2,1-3H3,(H,14,16). The number of nitrogens with one attached hydrogen (secondary N) is 1. The van der Waals surface area contributed by atoms with Crippen LogP contribution in [0.25, 0.3) is 0 Å². The molecule has 0 aromatic heterocycles. The highest BCUT2D eigenvalue weighted by molar-refractivity contribution is 5.97. The monoisotopic (exact) mass is 237 g/mol. The van der Waals surface area contributed by atoms with Crippen LogP contribution in [-0.2, 0) is 0 Å². The Morgan fingerprint density at radius 1 is 1.41 bits per heavy atom. The van der Waals surface area contributed by atoms with Crippen LogP contribution in [0.1, 0.15) is 37.0 Å². The Hall–Kier alpha value is -1.71. The predicted molar refractivity (Wildman–Crippen MR) is 66.5 cm³/mol. The van der Waals surface area contributed by atoms with E-state index in [-0.39, 0.29) is 23.3 Å². The lowest BCUT2D eigenvalue weighted by molar-refractivity contribution is 0.0932. The van der Waals surface area contributed by atoms with Gasteiger partial charge in [-0.2, -0.15) is 0 Å². The number of rotatable bonds is 5. The molecule has 0 atom stereocenters. The molecule has 0 saturated carbocycles. The molecule has 0 bridgehead atoms. The van der Waals surface area contributed by atoms with Gasteiger partial charge in [0.05, 0.1) is 12.7 Å². The zero-order valence-electron chi connectivity index (χ0n) is 10.5. The molecule has 0 heterocycles. The molecule has 0 aliphatic rings. The zero-order chi connectivity index (χ0) is 12.8. The molecule has 0 unspecified atom stereocenters. The summed E-state index contributed by atoms with van der Waals surface area (Å²) in [5, 5.41) is 12.5. The van der Waals surface area contributed by atoms with Crippen LogP contribution in [0.2, 0.25) is 0 Å². The number of phenols is 1. The number of ether oxygens (including phenoxy) is 1. The van der Waals surface area contributed by atoms with Crippen molar-refractivity contribution in [1.82, 2.24) is 5.32 Å². The molecule has 1 rings (SSSR count). The number of methoxy groups -OCH3 is 1. The van der Waals surface area contributed by atoms with Gasteiger partial charge in [-0.1, -0.05) is 13.8 Å². The molecule has 0 aliphatic carbocycles. The van der Waals surface area contributed by atoms with Crippen molar-refractivity contribution in [3.8, 4) is 11.5 Å². The van der Waals surface area contributed by atoms with Crippen LogP contribution in [0.3, 0.4) is 0 Å². The van der Waals surface area contributed by atoms with Gasteiger partial charge in [-0.15, -0.1) is 0 Å². The van der Waals surface area contributed by atoms with E-state index in [1.165, 1.54) is 19.2 Å². The van der Waals surface area contributed by atoms with Gasteiger partial charge in [0.1, 0.15) is 11.5 Å². The first-order valence-electron chi connectivity index (χ1n) is 5.80. The highest BCUT2D eigenvalue weighted by atomic mass is 16.5. The van der Waals surface area contributed by atoms with E-state index in [0.717, 1.165) is 12.8 Å². The van der Waals surface area contributed by atoms with Crippen LogP contribution in [-0.4, -0.2) is 24.2 Å². The minimum Gasteiger partial charge on any atom is -0.507 e. The quantitative estimate of drug-likeness (QED) is 0.826. The molecule has 1 aromatic rings. The summed E-state index contributed by atoms with van der Waals surface area (Å²) in [7, 11) is 1.52. The fourth-order valence-electron chi connectivity index (χ4n) is 1.58. The van der Waals surface area contributed by atoms with E-state index < -0.39 is 0 Å². The van der Waals surface area contributed by atoms with Crippen molar-refractivity contribution < 1.29 is 14.6 Å². The highest BCUT2D eigenvalue weighted by Gasteiger charge is 2.15. The van der Waals surface area contributed by atoms with Gasteiger partial charge in [0.25, 0.3) is 5.91 Å². The minimum atomic E-state index is -0.268. The lowest BCUT2D eigenvalue weighted by Crippen LogP contribution is -2.33. The molecule has 0 saturated heterocycles. The number of carbonyl (C=O) groups is 1. The second-order valence-corrected chi connectivity index (χ2v) is 3.87. The lowest BCUT2D eigenvalue weighted by Gasteiger charge is -2.15. The first-order valence-corrected chi connectivity index (χ1v) is 5.80. The summed E-state index contributed by atoms with van der Waals surface area (Å²) in [6.07, 6.45) is 1.74. The van der Waals surface area contributed by atoms with Gasteiger partial charge < -0.3 is 15.2 Å². The lowest BCUT2D eigenvalue weighted by atomic mass is 10.1. The summed E-state index contributed by atoms with van der Waals surface area (Å²) in [6.45, 7) is 4.03. The Balaban J connectivity index is 2.87. The molecule has 1 amide bonds. The maximum Gasteiger partial charge on any atom is 0.255 e. The number of benzene rings is 1. The van der Waals surface area contributed by atoms with Gasteiger partial charge in [-0.3, -0.25) is 4.79 Å². The molecule has 4 nitrogen and oxygen atoms in total. The third-order valence-electron chi connectivity index (χ3n) is 2.77. The van der Waals surface area contributed by atoms with E-state index >= 15 is 0 Å². The number of amides is 1. The Kier molecular flexibility index (Phi) is 4.82. The Morgan fingerprint density at radius 2 is 2.06 bits per heavy atom. The van der Waals surface area contributed by atoms with E-state index in [1.807, 2.05) is 13.8 Å². The summed E-state index contributed by atoms with van der Waals surface area (Å²) in [4.78, 5) is 11.9. The van der Waals surface area contributed by atoms with Gasteiger partial charge in [0, 0.05) is 6.04 Å². The van der Waals surface area contributed by atoms with Crippen molar-refractivity contribution in [2.24, 2.45) is 0 Å². The summed E-state index contributed by atoms with van der Waals surface area (Å²) < 4.78 is 5.03. The van der Waals surface area contributed by atoms with Crippen molar-refractivity contribution in [3.05, 3.63) is 23.8 Å². The van der Waals surface area contributed by atoms with E-state index in [9.17, 15) is 9.90 Å². The van der Waals surface area contributed by atoms with Crippen LogP contribution < -0.4 is 10.1 Å². The summed E-state index contributed by atoms with van der Waals surface area (Å²) >= 11 is 0. The van der Waals surface area contributed by atoms with Gasteiger partial charge in [-0.05, 0) is 31.0 Å². The smallest absolute Gasteiger partial charge is 0.255 e. The minimum absolute atomic E-state index is 0.0331. The van der Waals surface area contributed by atoms with Crippen LogP contribution in [0.15, 0.2) is 18.2 Å². The normalized spacial score (nSPS) is 10.4. The van der Waals surface area contributed by atoms with Crippen LogP contribution in [0.4, 0.5) is 0 Å². The molecule has 0 fully saturated rings. The molecule has 0 aliphatic heterocycles. The summed E-state index contributed by atoms with van der Waals surface area (Å²) in [5.41, 5.74) is 0.247. The Bertz CT molecular complexity index is 386. The number of aromatic hydroxyl groups is 1. The third kappa shape index (κ3) is 3.37. The van der Waals surface area contributed by atoms with Crippen molar-refractivity contribution in [3.63, 3.8) is 0 Å². The number of hydrogen-bond donors (Lipinski definition) is 2. The van der Waals surface area contributed by atoms with Crippen LogP contribution in [0.5, 0.6) is 11.5 Å². The largest absolute Gasteiger partial charge is 0.507 e. The zero-order valence-corrected chi connectivity index (χ0v) is 10.5. The molecular weight excluding hydrogens is 218 g/mol. The molecule has 4 heteroatoms. The maximum absolute atomic E-state index is 11.9. The molecule has 0 radical (unpaired) electrons. The third-order valence-corrected chi connectivity index (χ3v) is 2.77. The topological polar surface area (TPSA) is 58.6 Å². The van der Waals surface area contributed by atoms with Crippen molar-refractivity contribution in [2.45, 2.75) is 32.7 Å². The van der Waals surface area contributed by atoms with Gasteiger partial charge in [-0.25, -0.2) is 0 Å². The van der Waals surface area contributed by atoms with Gasteiger partial charge in [0.15, 0.2) is 0 Å². The first kappa shape index (κ1) is 13.4.